The van der Waals surface area contributed by atoms with Gasteiger partial charge < -0.3 is 15.8 Å². The minimum Gasteiger partial charge on any atom is -0.491 e. The maximum Gasteiger partial charge on any atom is 0.231 e. The Balaban J connectivity index is 0. The number of hydrogen-bond donors (Lipinski definition) is 2. The Labute approximate surface area is 121 Å². The number of nitrogens with two attached hydrogens (primary N) is 1. The number of benzene rings is 1. The van der Waals surface area contributed by atoms with Gasteiger partial charge >= 0.3 is 0 Å². The van der Waals surface area contributed by atoms with Crippen LogP contribution in [0, 0.1) is 0 Å². The third kappa shape index (κ3) is 8.26. The van der Waals surface area contributed by atoms with Gasteiger partial charge in [-0.25, -0.2) is 0 Å². The number of rotatable bonds is 6. The summed E-state index contributed by atoms with van der Waals surface area (Å²) in [5, 5.41) is 2.86. The molecule has 0 saturated heterocycles. The van der Waals surface area contributed by atoms with Crippen molar-refractivity contribution >= 4 is 46.7 Å². The highest BCUT2D eigenvalue weighted by atomic mass is 79.9. The van der Waals surface area contributed by atoms with Gasteiger partial charge in [-0.1, -0.05) is 12.1 Å². The number of ether oxygens (including phenoxy) is 1. The smallest absolute Gasteiger partial charge is 0.231 e. The van der Waals surface area contributed by atoms with Crippen molar-refractivity contribution in [1.29, 1.82) is 0 Å². The molecule has 0 unspecified atom stereocenters. The molecule has 0 heterocycles. The predicted octanol–water partition coefficient (Wildman–Crippen LogP) is 1.75. The molecule has 0 atom stereocenters. The van der Waals surface area contributed by atoms with E-state index in [4.69, 9.17) is 10.5 Å². The fourth-order valence-corrected chi connectivity index (χ4v) is 1.41. The van der Waals surface area contributed by atoms with E-state index in [0.717, 1.165) is 10.2 Å². The maximum absolute atomic E-state index is 10.4. The van der Waals surface area contributed by atoms with Crippen molar-refractivity contribution in [3.63, 3.8) is 0 Å². The van der Waals surface area contributed by atoms with Gasteiger partial charge in [0, 0.05) is 6.54 Å². The molecule has 0 aromatic heterocycles. The molecule has 0 radical (unpaired) electrons. The Morgan fingerprint density at radius 2 is 2.00 bits per heavy atom. The Bertz CT molecular complexity index is 340. The minimum atomic E-state index is -0.365. The summed E-state index contributed by atoms with van der Waals surface area (Å²) >= 11 is 3.37. The van der Waals surface area contributed by atoms with Gasteiger partial charge in [0.25, 0.3) is 0 Å². The van der Waals surface area contributed by atoms with Gasteiger partial charge in [-0.3, -0.25) is 4.79 Å². The van der Waals surface area contributed by atoms with E-state index in [0.29, 0.717) is 13.2 Å². The fourth-order valence-electron chi connectivity index (χ4n) is 1.01. The fraction of sp³-hybridized carbons (Fsp3) is 0.300. The van der Waals surface area contributed by atoms with Crippen LogP contribution in [0.4, 0.5) is 0 Å². The van der Waals surface area contributed by atoms with Crippen LogP contribution < -0.4 is 15.8 Å². The molecule has 7 heteroatoms. The molecule has 98 valence electrons. The summed E-state index contributed by atoms with van der Waals surface area (Å²) in [6.45, 7) is 1.26. The Kier molecular flexibility index (Phi) is 11.8. The van der Waals surface area contributed by atoms with E-state index in [2.05, 4.69) is 21.2 Å². The third-order valence-corrected chi connectivity index (χ3v) is 2.33. The number of carbonyl (C=O) groups excluding carboxylic acids is 1. The van der Waals surface area contributed by atoms with E-state index >= 15 is 0 Å². The summed E-state index contributed by atoms with van der Waals surface area (Å²) in [6, 6.07) is 7.60. The first kappa shape index (κ1) is 18.9. The number of halogens is 3. The summed E-state index contributed by atoms with van der Waals surface area (Å²) in [4.78, 5) is 10.4. The largest absolute Gasteiger partial charge is 0.491 e. The molecular formula is C10H15BrCl2N2O2. The van der Waals surface area contributed by atoms with Crippen LogP contribution in [0.5, 0.6) is 5.75 Å². The summed E-state index contributed by atoms with van der Waals surface area (Å²) in [7, 11) is 0. The summed E-state index contributed by atoms with van der Waals surface area (Å²) in [5.41, 5.74) is 4.96. The normalized spacial score (nSPS) is 8.76. The Hall–Kier alpha value is -0.490. The molecule has 0 fully saturated rings. The molecule has 0 spiro atoms. The molecule has 1 rings (SSSR count). The Morgan fingerprint density at radius 1 is 1.35 bits per heavy atom. The number of primary amides is 1. The van der Waals surface area contributed by atoms with Crippen molar-refractivity contribution in [2.75, 3.05) is 19.7 Å². The highest BCUT2D eigenvalue weighted by Crippen LogP contribution is 2.23. The number of para-hydroxylation sites is 1. The van der Waals surface area contributed by atoms with Gasteiger partial charge in [0.05, 0.1) is 11.0 Å². The van der Waals surface area contributed by atoms with Gasteiger partial charge in [-0.15, -0.1) is 24.8 Å². The lowest BCUT2D eigenvalue weighted by Crippen LogP contribution is -2.31. The summed E-state index contributed by atoms with van der Waals surface area (Å²) in [6.07, 6.45) is 0. The van der Waals surface area contributed by atoms with Crippen molar-refractivity contribution in [3.8, 4) is 5.75 Å². The van der Waals surface area contributed by atoms with Crippen molar-refractivity contribution in [1.82, 2.24) is 5.32 Å². The van der Waals surface area contributed by atoms with Crippen LogP contribution >= 0.6 is 40.7 Å². The van der Waals surface area contributed by atoms with Crippen LogP contribution in [0.3, 0.4) is 0 Å². The zero-order valence-electron chi connectivity index (χ0n) is 9.02. The van der Waals surface area contributed by atoms with Gasteiger partial charge in [-0.05, 0) is 28.1 Å². The highest BCUT2D eigenvalue weighted by Gasteiger charge is 1.98. The molecular weight excluding hydrogens is 331 g/mol. The van der Waals surface area contributed by atoms with Gasteiger partial charge in [-0.2, -0.15) is 0 Å². The average Bonchev–Trinajstić information content (AvgIpc) is 2.20. The van der Waals surface area contributed by atoms with E-state index in [1.54, 1.807) is 0 Å². The molecule has 1 aromatic carbocycles. The molecule has 0 bridgehead atoms. The minimum absolute atomic E-state index is 0. The van der Waals surface area contributed by atoms with E-state index < -0.39 is 0 Å². The van der Waals surface area contributed by atoms with Crippen LogP contribution in [0.2, 0.25) is 0 Å². The number of nitrogens with one attached hydrogen (secondary N) is 1. The lowest BCUT2D eigenvalue weighted by atomic mass is 10.3. The number of carbonyl (C=O) groups is 1. The molecule has 0 aliphatic heterocycles. The molecule has 1 aromatic rings. The first-order valence-corrected chi connectivity index (χ1v) is 5.36. The average molecular weight is 346 g/mol. The molecule has 0 saturated carbocycles. The van der Waals surface area contributed by atoms with Crippen molar-refractivity contribution in [2.24, 2.45) is 5.73 Å². The predicted molar refractivity (Wildman–Crippen MR) is 76.2 cm³/mol. The monoisotopic (exact) mass is 344 g/mol. The highest BCUT2D eigenvalue weighted by molar-refractivity contribution is 9.10. The topological polar surface area (TPSA) is 64.4 Å². The number of amides is 1. The van der Waals surface area contributed by atoms with Crippen LogP contribution in [0.15, 0.2) is 28.7 Å². The molecule has 1 amide bonds. The number of hydrogen-bond acceptors (Lipinski definition) is 3. The van der Waals surface area contributed by atoms with Crippen molar-refractivity contribution < 1.29 is 9.53 Å². The molecule has 17 heavy (non-hydrogen) atoms. The zero-order chi connectivity index (χ0) is 11.1. The molecule has 3 N–H and O–H groups in total. The second-order valence-corrected chi connectivity index (χ2v) is 3.78. The van der Waals surface area contributed by atoms with Crippen LogP contribution in [-0.4, -0.2) is 25.6 Å². The lowest BCUT2D eigenvalue weighted by molar-refractivity contribution is -0.117. The lowest BCUT2D eigenvalue weighted by Gasteiger charge is -2.07. The zero-order valence-corrected chi connectivity index (χ0v) is 12.2. The summed E-state index contributed by atoms with van der Waals surface area (Å²) < 4.78 is 6.37. The quantitative estimate of drug-likeness (QED) is 0.772. The van der Waals surface area contributed by atoms with Gasteiger partial charge in [0.15, 0.2) is 0 Å². The molecule has 0 aliphatic carbocycles. The Morgan fingerprint density at radius 3 is 2.59 bits per heavy atom. The van der Waals surface area contributed by atoms with Crippen LogP contribution in [0.1, 0.15) is 0 Å². The molecule has 0 aliphatic rings. The van der Waals surface area contributed by atoms with Crippen molar-refractivity contribution in [3.05, 3.63) is 28.7 Å². The SMILES string of the molecule is Cl.Cl.NC(=O)CNCCOc1ccccc1Br. The van der Waals surface area contributed by atoms with E-state index in [1.165, 1.54) is 0 Å². The van der Waals surface area contributed by atoms with Gasteiger partial charge in [0.2, 0.25) is 5.91 Å². The second-order valence-electron chi connectivity index (χ2n) is 2.92. The summed E-state index contributed by atoms with van der Waals surface area (Å²) in [5.74, 6) is 0.425. The standard InChI is InChI=1S/C10H13BrN2O2.2ClH/c11-8-3-1-2-4-9(8)15-6-5-13-7-10(12)14;;/h1-4,13H,5-7H2,(H2,12,14);2*1H. The van der Waals surface area contributed by atoms with Crippen molar-refractivity contribution in [2.45, 2.75) is 0 Å². The second kappa shape index (κ2) is 10.7. The van der Waals surface area contributed by atoms with E-state index in [9.17, 15) is 4.79 Å². The molecule has 4 nitrogen and oxygen atoms in total. The van der Waals surface area contributed by atoms with E-state index in [-0.39, 0.29) is 37.3 Å². The van der Waals surface area contributed by atoms with Crippen LogP contribution in [0.25, 0.3) is 0 Å². The van der Waals surface area contributed by atoms with Gasteiger partial charge in [0.1, 0.15) is 12.4 Å². The third-order valence-electron chi connectivity index (χ3n) is 1.67. The van der Waals surface area contributed by atoms with E-state index in [1.807, 2.05) is 24.3 Å². The first-order chi connectivity index (χ1) is 7.20. The first-order valence-electron chi connectivity index (χ1n) is 4.56. The maximum atomic E-state index is 10.4. The van der Waals surface area contributed by atoms with Crippen LogP contribution in [-0.2, 0) is 4.79 Å².